The summed E-state index contributed by atoms with van der Waals surface area (Å²) >= 11 is 0. The van der Waals surface area contributed by atoms with Gasteiger partial charge in [-0.15, -0.1) is 12.4 Å². The van der Waals surface area contributed by atoms with Crippen LogP contribution in [-0.2, 0) is 6.54 Å². The number of aliphatic hydroxyl groups is 1. The van der Waals surface area contributed by atoms with E-state index >= 15 is 0 Å². The molecule has 0 bridgehead atoms. The standard InChI is InChI=1S/C23H21F3N4O2.ClH/c1-15-8-16(2)10-18(9-15)20-11-22(32,23(24,25)26)30(28-20)21(31)19-12-27-29(14-19)13-17-6-4-3-5-7-17;/h3-10,12,14,32H,11,13H2,1-2H3;1H. The van der Waals surface area contributed by atoms with E-state index in [-0.39, 0.29) is 28.7 Å². The minimum atomic E-state index is -5.10. The van der Waals surface area contributed by atoms with Crippen LogP contribution in [0.4, 0.5) is 13.2 Å². The molecule has 4 rings (SSSR count). The number of amides is 1. The monoisotopic (exact) mass is 478 g/mol. The van der Waals surface area contributed by atoms with Crippen LogP contribution in [0.15, 0.2) is 66.0 Å². The van der Waals surface area contributed by atoms with Gasteiger partial charge in [0.15, 0.2) is 0 Å². The van der Waals surface area contributed by atoms with E-state index in [1.165, 1.54) is 17.1 Å². The Morgan fingerprint density at radius 2 is 1.76 bits per heavy atom. The van der Waals surface area contributed by atoms with E-state index < -0.39 is 24.2 Å². The fourth-order valence-corrected chi connectivity index (χ4v) is 3.74. The van der Waals surface area contributed by atoms with Gasteiger partial charge in [-0.2, -0.15) is 28.4 Å². The smallest absolute Gasteiger partial charge is 0.362 e. The number of aromatic nitrogens is 2. The van der Waals surface area contributed by atoms with E-state index in [0.717, 1.165) is 16.7 Å². The highest BCUT2D eigenvalue weighted by molar-refractivity contribution is 6.05. The van der Waals surface area contributed by atoms with Crippen molar-refractivity contribution in [2.45, 2.75) is 38.7 Å². The zero-order valence-electron chi connectivity index (χ0n) is 17.9. The second-order valence-corrected chi connectivity index (χ2v) is 7.94. The van der Waals surface area contributed by atoms with Crippen LogP contribution in [0.2, 0.25) is 0 Å². The number of aryl methyl sites for hydroxylation is 2. The van der Waals surface area contributed by atoms with E-state index in [1.807, 2.05) is 50.2 Å². The van der Waals surface area contributed by atoms with Gasteiger partial charge in [0.05, 0.1) is 30.4 Å². The van der Waals surface area contributed by atoms with Crippen molar-refractivity contribution >= 4 is 24.0 Å². The first-order chi connectivity index (χ1) is 15.1. The van der Waals surface area contributed by atoms with Crippen LogP contribution in [0, 0.1) is 13.8 Å². The number of halogens is 4. The predicted octanol–water partition coefficient (Wildman–Crippen LogP) is 4.47. The number of carbonyl (C=O) groups excluding carboxylic acids is 1. The molecule has 1 aliphatic rings. The fourth-order valence-electron chi connectivity index (χ4n) is 3.74. The number of hydrazone groups is 1. The first-order valence-electron chi connectivity index (χ1n) is 9.93. The zero-order valence-corrected chi connectivity index (χ0v) is 18.7. The van der Waals surface area contributed by atoms with Crippen LogP contribution < -0.4 is 0 Å². The van der Waals surface area contributed by atoms with Crippen molar-refractivity contribution < 1.29 is 23.1 Å². The van der Waals surface area contributed by atoms with Crippen molar-refractivity contribution in [3.05, 3.63) is 88.7 Å². The molecule has 0 spiro atoms. The molecular weight excluding hydrogens is 457 g/mol. The van der Waals surface area contributed by atoms with Gasteiger partial charge in [0, 0.05) is 6.20 Å². The van der Waals surface area contributed by atoms with Crippen molar-refractivity contribution in [2.24, 2.45) is 5.10 Å². The quantitative estimate of drug-likeness (QED) is 0.601. The Balaban J connectivity index is 0.00000306. The van der Waals surface area contributed by atoms with Crippen LogP contribution in [0.5, 0.6) is 0 Å². The highest BCUT2D eigenvalue weighted by Gasteiger charge is 2.63. The van der Waals surface area contributed by atoms with Crippen molar-refractivity contribution in [2.75, 3.05) is 0 Å². The minimum Gasteiger partial charge on any atom is -0.362 e. The van der Waals surface area contributed by atoms with Gasteiger partial charge in [0.25, 0.3) is 11.6 Å². The Kier molecular flexibility index (Phi) is 6.67. The summed E-state index contributed by atoms with van der Waals surface area (Å²) in [6.45, 7) is 3.97. The van der Waals surface area contributed by atoms with Crippen LogP contribution in [0.3, 0.4) is 0 Å². The molecule has 1 atom stereocenters. The van der Waals surface area contributed by atoms with Crippen molar-refractivity contribution in [3.8, 4) is 0 Å². The molecule has 1 unspecified atom stereocenters. The number of nitrogens with zero attached hydrogens (tertiary/aromatic N) is 4. The van der Waals surface area contributed by atoms with Crippen molar-refractivity contribution in [1.29, 1.82) is 0 Å². The van der Waals surface area contributed by atoms with Gasteiger partial charge in [0.2, 0.25) is 0 Å². The first kappa shape index (κ1) is 24.5. The molecule has 0 saturated carbocycles. The highest BCUT2D eigenvalue weighted by atomic mass is 35.5. The summed E-state index contributed by atoms with van der Waals surface area (Å²) in [6.07, 6.45) is -3.45. The maximum atomic E-state index is 13.9. The topological polar surface area (TPSA) is 70.7 Å². The lowest BCUT2D eigenvalue weighted by atomic mass is 9.98. The number of hydrogen-bond acceptors (Lipinski definition) is 4. The summed E-state index contributed by atoms with van der Waals surface area (Å²) in [5.74, 6) is -1.08. The first-order valence-corrected chi connectivity index (χ1v) is 9.93. The summed E-state index contributed by atoms with van der Waals surface area (Å²) in [5.41, 5.74) is -0.539. The van der Waals surface area contributed by atoms with E-state index in [0.29, 0.717) is 12.1 Å². The van der Waals surface area contributed by atoms with E-state index in [4.69, 9.17) is 0 Å². The molecule has 6 nitrogen and oxygen atoms in total. The van der Waals surface area contributed by atoms with E-state index in [1.54, 1.807) is 12.1 Å². The van der Waals surface area contributed by atoms with Gasteiger partial charge >= 0.3 is 6.18 Å². The van der Waals surface area contributed by atoms with E-state index in [2.05, 4.69) is 10.2 Å². The minimum absolute atomic E-state index is 0. The van der Waals surface area contributed by atoms with Gasteiger partial charge < -0.3 is 5.11 Å². The van der Waals surface area contributed by atoms with Crippen LogP contribution in [0.25, 0.3) is 0 Å². The largest absolute Gasteiger partial charge is 0.438 e. The third kappa shape index (κ3) is 4.79. The lowest BCUT2D eigenvalue weighted by Gasteiger charge is -2.32. The average molecular weight is 479 g/mol. The number of rotatable bonds is 4. The Morgan fingerprint density at radius 1 is 1.12 bits per heavy atom. The van der Waals surface area contributed by atoms with Crippen molar-refractivity contribution in [3.63, 3.8) is 0 Å². The molecule has 2 heterocycles. The Hall–Kier alpha value is -3.17. The Labute approximate surface area is 194 Å². The van der Waals surface area contributed by atoms with Gasteiger partial charge in [-0.1, -0.05) is 59.7 Å². The lowest BCUT2D eigenvalue weighted by Crippen LogP contribution is -2.56. The molecule has 174 valence electrons. The maximum Gasteiger partial charge on any atom is 0.438 e. The molecule has 0 fully saturated rings. The Bertz CT molecular complexity index is 1170. The predicted molar refractivity (Wildman–Crippen MR) is 119 cm³/mol. The summed E-state index contributed by atoms with van der Waals surface area (Å²) in [5, 5.41) is 18.7. The fraction of sp³-hybridized carbons (Fsp3) is 0.261. The van der Waals surface area contributed by atoms with Gasteiger partial charge in [-0.3, -0.25) is 9.48 Å². The van der Waals surface area contributed by atoms with Gasteiger partial charge in [-0.25, -0.2) is 0 Å². The molecule has 2 aromatic carbocycles. The Morgan fingerprint density at radius 3 is 2.36 bits per heavy atom. The molecule has 33 heavy (non-hydrogen) atoms. The van der Waals surface area contributed by atoms with Crippen LogP contribution in [-0.4, -0.2) is 43.4 Å². The summed E-state index contributed by atoms with van der Waals surface area (Å²) in [4.78, 5) is 13.0. The second kappa shape index (κ2) is 8.99. The third-order valence-corrected chi connectivity index (χ3v) is 5.25. The van der Waals surface area contributed by atoms with Gasteiger partial charge in [-0.05, 0) is 25.0 Å². The molecule has 1 aliphatic heterocycles. The maximum absolute atomic E-state index is 13.9. The molecule has 0 radical (unpaired) electrons. The van der Waals surface area contributed by atoms with Gasteiger partial charge in [0.1, 0.15) is 0 Å². The number of alkyl halides is 3. The molecule has 0 aliphatic carbocycles. The molecular formula is C23H22ClF3N4O2. The summed E-state index contributed by atoms with van der Waals surface area (Å²) in [7, 11) is 0. The van der Waals surface area contributed by atoms with Crippen LogP contribution >= 0.6 is 12.4 Å². The number of benzene rings is 2. The van der Waals surface area contributed by atoms with E-state index in [9.17, 15) is 23.1 Å². The van der Waals surface area contributed by atoms with Crippen LogP contribution in [0.1, 0.15) is 39.0 Å². The highest BCUT2D eigenvalue weighted by Crippen LogP contribution is 2.42. The molecule has 1 aromatic heterocycles. The molecule has 10 heteroatoms. The SMILES string of the molecule is Cc1cc(C)cc(C2=NN(C(=O)c3cnn(Cc4ccccc4)c3)C(O)(C(F)(F)F)C2)c1.Cl. The molecule has 0 saturated heterocycles. The molecule has 1 N–H and O–H groups in total. The normalized spacial score (nSPS) is 18.1. The summed E-state index contributed by atoms with van der Waals surface area (Å²) < 4.78 is 43.1. The third-order valence-electron chi connectivity index (χ3n) is 5.25. The number of carbonyl (C=O) groups is 1. The average Bonchev–Trinajstić information content (AvgIpc) is 3.32. The van der Waals surface area contributed by atoms with Crippen molar-refractivity contribution in [1.82, 2.24) is 14.8 Å². The lowest BCUT2D eigenvalue weighted by molar-refractivity contribution is -0.297. The molecule has 1 amide bonds. The second-order valence-electron chi connectivity index (χ2n) is 7.94. The zero-order chi connectivity index (χ0) is 23.1. The summed E-state index contributed by atoms with van der Waals surface area (Å²) in [6, 6.07) is 14.5. The molecule has 3 aromatic rings. The number of hydrogen-bond donors (Lipinski definition) is 1.